The van der Waals surface area contributed by atoms with Crippen molar-refractivity contribution in [1.82, 2.24) is 0 Å². The van der Waals surface area contributed by atoms with Crippen molar-refractivity contribution in [3.63, 3.8) is 0 Å². The summed E-state index contributed by atoms with van der Waals surface area (Å²) in [6.45, 7) is 0. The second kappa shape index (κ2) is 2.92. The molecular weight excluding hydrogens is 110 g/mol. The summed E-state index contributed by atoms with van der Waals surface area (Å²) in [5.41, 5.74) is 6.32. The minimum atomic E-state index is 1.04. The molecule has 0 fully saturated rings. The van der Waals surface area contributed by atoms with E-state index in [1.807, 2.05) is 36.5 Å². The van der Waals surface area contributed by atoms with E-state index < -0.39 is 0 Å². The van der Waals surface area contributed by atoms with Crippen molar-refractivity contribution in [2.45, 2.75) is 0 Å². The maximum absolute atomic E-state index is 5.28. The van der Waals surface area contributed by atoms with Gasteiger partial charge >= 0.3 is 0 Å². The van der Waals surface area contributed by atoms with E-state index >= 15 is 0 Å². The third-order valence-electron chi connectivity index (χ3n) is 1.10. The highest BCUT2D eigenvalue weighted by molar-refractivity contribution is 5.36. The number of rotatable bonds is 0. The molecule has 2 N–H and O–H groups in total. The quantitative estimate of drug-likeness (QED) is 0.514. The molecule has 1 rings (SSSR count). The minimum Gasteiger partial charge on any atom is -0.404 e. The van der Waals surface area contributed by atoms with E-state index in [-0.39, 0.29) is 0 Å². The van der Waals surface area contributed by atoms with Gasteiger partial charge in [-0.1, -0.05) is 36.5 Å². The van der Waals surface area contributed by atoms with Gasteiger partial charge in [0.2, 0.25) is 0 Å². The molecule has 0 atom stereocenters. The maximum Gasteiger partial charge on any atom is 0.00115 e. The highest BCUT2D eigenvalue weighted by Crippen LogP contribution is 2.00. The van der Waals surface area contributed by atoms with Gasteiger partial charge in [-0.15, -0.1) is 0 Å². The van der Waals surface area contributed by atoms with E-state index in [9.17, 15) is 0 Å². The standard InChI is InChI=1S/C8H9N/c9-7-8-5-3-1-2-4-6-8/h1-7H,9H2. The van der Waals surface area contributed by atoms with Gasteiger partial charge in [-0.25, -0.2) is 0 Å². The summed E-state index contributed by atoms with van der Waals surface area (Å²) >= 11 is 0. The highest BCUT2D eigenvalue weighted by Gasteiger charge is 1.82. The Morgan fingerprint density at radius 3 is 2.00 bits per heavy atom. The van der Waals surface area contributed by atoms with Gasteiger partial charge in [0.25, 0.3) is 0 Å². The molecule has 0 aromatic carbocycles. The van der Waals surface area contributed by atoms with Crippen LogP contribution in [0.5, 0.6) is 0 Å². The summed E-state index contributed by atoms with van der Waals surface area (Å²) in [5, 5.41) is 0. The first-order valence-electron chi connectivity index (χ1n) is 2.87. The zero-order chi connectivity index (χ0) is 6.53. The molecule has 1 aliphatic rings. The second-order valence-electron chi connectivity index (χ2n) is 1.77. The Labute approximate surface area is 54.9 Å². The fraction of sp³-hybridized carbons (Fsp3) is 0. The SMILES string of the molecule is NC=C1C=CC=CC=C1. The van der Waals surface area contributed by atoms with E-state index in [0.29, 0.717) is 0 Å². The number of hydrogen-bond donors (Lipinski definition) is 1. The fourth-order valence-corrected chi connectivity index (χ4v) is 0.628. The molecule has 46 valence electrons. The Bertz CT molecular complexity index is 177. The van der Waals surface area contributed by atoms with E-state index in [4.69, 9.17) is 5.73 Å². The Kier molecular flexibility index (Phi) is 1.91. The van der Waals surface area contributed by atoms with Crippen molar-refractivity contribution >= 4 is 0 Å². The van der Waals surface area contributed by atoms with Crippen molar-refractivity contribution in [2.24, 2.45) is 5.73 Å². The molecule has 9 heavy (non-hydrogen) atoms. The van der Waals surface area contributed by atoms with Gasteiger partial charge in [0.05, 0.1) is 0 Å². The number of nitrogens with two attached hydrogens (primary N) is 1. The van der Waals surface area contributed by atoms with Crippen LogP contribution in [0.2, 0.25) is 0 Å². The first-order chi connectivity index (χ1) is 4.43. The highest BCUT2D eigenvalue weighted by atomic mass is 14.5. The summed E-state index contributed by atoms with van der Waals surface area (Å²) in [5.74, 6) is 0. The van der Waals surface area contributed by atoms with Crippen molar-refractivity contribution < 1.29 is 0 Å². The van der Waals surface area contributed by atoms with Gasteiger partial charge in [0.1, 0.15) is 0 Å². The van der Waals surface area contributed by atoms with Crippen LogP contribution < -0.4 is 5.73 Å². The maximum atomic E-state index is 5.28. The van der Waals surface area contributed by atoms with Crippen LogP contribution in [-0.4, -0.2) is 0 Å². The van der Waals surface area contributed by atoms with Crippen LogP contribution in [0, 0.1) is 0 Å². The average Bonchev–Trinajstić information content (AvgIpc) is 2.13. The lowest BCUT2D eigenvalue weighted by atomic mass is 10.2. The lowest BCUT2D eigenvalue weighted by Gasteiger charge is -1.84. The number of allylic oxidation sites excluding steroid dienone is 7. The predicted molar refractivity (Wildman–Crippen MR) is 39.7 cm³/mol. The lowest BCUT2D eigenvalue weighted by Crippen LogP contribution is -1.80. The third-order valence-corrected chi connectivity index (χ3v) is 1.10. The van der Waals surface area contributed by atoms with Gasteiger partial charge < -0.3 is 5.73 Å². The average molecular weight is 119 g/mol. The first kappa shape index (κ1) is 5.89. The Hall–Kier alpha value is -1.24. The van der Waals surface area contributed by atoms with Crippen LogP contribution in [0.25, 0.3) is 0 Å². The van der Waals surface area contributed by atoms with E-state index in [1.165, 1.54) is 0 Å². The zero-order valence-electron chi connectivity index (χ0n) is 5.12. The molecule has 0 unspecified atom stereocenters. The molecule has 0 aliphatic heterocycles. The molecule has 0 saturated carbocycles. The van der Waals surface area contributed by atoms with E-state index in [2.05, 4.69) is 0 Å². The smallest absolute Gasteiger partial charge is 0.00115 e. The second-order valence-corrected chi connectivity index (χ2v) is 1.77. The molecule has 0 radical (unpaired) electrons. The van der Waals surface area contributed by atoms with E-state index in [1.54, 1.807) is 6.20 Å². The monoisotopic (exact) mass is 119 g/mol. The normalized spacial score (nSPS) is 15.8. The summed E-state index contributed by atoms with van der Waals surface area (Å²) in [6.07, 6.45) is 13.3. The molecule has 0 saturated heterocycles. The van der Waals surface area contributed by atoms with Crippen molar-refractivity contribution in [1.29, 1.82) is 0 Å². The Balaban J connectivity index is 2.82. The molecule has 1 heteroatoms. The molecule has 0 spiro atoms. The predicted octanol–water partition coefficient (Wildman–Crippen LogP) is 1.51. The Morgan fingerprint density at radius 2 is 1.56 bits per heavy atom. The third kappa shape index (κ3) is 1.61. The molecule has 0 amide bonds. The largest absolute Gasteiger partial charge is 0.404 e. The molecule has 0 heterocycles. The van der Waals surface area contributed by atoms with Gasteiger partial charge in [-0.3, -0.25) is 0 Å². The zero-order valence-corrected chi connectivity index (χ0v) is 5.12. The summed E-state index contributed by atoms with van der Waals surface area (Å²) in [7, 11) is 0. The van der Waals surface area contributed by atoms with Crippen LogP contribution >= 0.6 is 0 Å². The topological polar surface area (TPSA) is 26.0 Å². The molecule has 0 aromatic rings. The minimum absolute atomic E-state index is 1.04. The van der Waals surface area contributed by atoms with Gasteiger partial charge in [0.15, 0.2) is 0 Å². The molecule has 1 aliphatic carbocycles. The van der Waals surface area contributed by atoms with Gasteiger partial charge in [-0.05, 0) is 5.57 Å². The van der Waals surface area contributed by atoms with Crippen molar-refractivity contribution in [3.05, 3.63) is 48.2 Å². The van der Waals surface area contributed by atoms with Crippen LogP contribution in [0.4, 0.5) is 0 Å². The van der Waals surface area contributed by atoms with Gasteiger partial charge in [0, 0.05) is 6.20 Å². The van der Waals surface area contributed by atoms with E-state index in [0.717, 1.165) is 5.57 Å². The summed E-state index contributed by atoms with van der Waals surface area (Å²) in [6, 6.07) is 0. The van der Waals surface area contributed by atoms with Crippen LogP contribution in [0.15, 0.2) is 48.2 Å². The Morgan fingerprint density at radius 1 is 1.00 bits per heavy atom. The fourth-order valence-electron chi connectivity index (χ4n) is 0.628. The van der Waals surface area contributed by atoms with Crippen molar-refractivity contribution in [2.75, 3.05) is 0 Å². The van der Waals surface area contributed by atoms with Gasteiger partial charge in [-0.2, -0.15) is 0 Å². The van der Waals surface area contributed by atoms with Crippen molar-refractivity contribution in [3.8, 4) is 0 Å². The van der Waals surface area contributed by atoms with Crippen LogP contribution in [-0.2, 0) is 0 Å². The summed E-state index contributed by atoms with van der Waals surface area (Å²) < 4.78 is 0. The molecule has 0 aromatic heterocycles. The van der Waals surface area contributed by atoms with Crippen LogP contribution in [0.3, 0.4) is 0 Å². The lowest BCUT2D eigenvalue weighted by molar-refractivity contribution is 1.53. The summed E-state index contributed by atoms with van der Waals surface area (Å²) in [4.78, 5) is 0. The molecule has 0 bridgehead atoms. The number of hydrogen-bond acceptors (Lipinski definition) is 1. The first-order valence-corrected chi connectivity index (χ1v) is 2.87. The van der Waals surface area contributed by atoms with Crippen LogP contribution in [0.1, 0.15) is 0 Å². The molecular formula is C8H9N. The molecule has 1 nitrogen and oxygen atoms in total.